The van der Waals surface area contributed by atoms with Gasteiger partial charge in [-0.1, -0.05) is 0 Å². The molecule has 0 aliphatic rings. The third-order valence-electron chi connectivity index (χ3n) is 1.99. The number of carbonyl (C=O) groups is 2. The molecule has 0 aliphatic heterocycles. The van der Waals surface area contributed by atoms with Gasteiger partial charge < -0.3 is 9.47 Å². The van der Waals surface area contributed by atoms with Crippen molar-refractivity contribution in [3.05, 3.63) is 18.2 Å². The third-order valence-corrected chi connectivity index (χ3v) is 2.21. The van der Waals surface area contributed by atoms with Crippen LogP contribution in [0.15, 0.2) is 12.4 Å². The highest BCUT2D eigenvalue weighted by Gasteiger charge is 2.20. The third kappa shape index (κ3) is 5.34. The van der Waals surface area contributed by atoms with E-state index in [1.54, 1.807) is 20.8 Å². The van der Waals surface area contributed by atoms with Gasteiger partial charge in [-0.3, -0.25) is 4.79 Å². The standard InChI is InChI=1S/C12H18N2O4S/c1-12(2,3)18-11(16)14-6-5-13-9(14)8-17-10(15)4-7-19/h5-6,19H,4,7-8H2,1-3H3. The van der Waals surface area contributed by atoms with Gasteiger partial charge in [0, 0.05) is 18.1 Å². The van der Waals surface area contributed by atoms with E-state index in [4.69, 9.17) is 9.47 Å². The molecule has 0 saturated carbocycles. The maximum absolute atomic E-state index is 11.9. The van der Waals surface area contributed by atoms with Crippen molar-refractivity contribution >= 4 is 24.7 Å². The number of aromatic nitrogens is 2. The summed E-state index contributed by atoms with van der Waals surface area (Å²) >= 11 is 3.93. The quantitative estimate of drug-likeness (QED) is 0.677. The molecule has 0 unspecified atom stereocenters. The Bertz CT molecular complexity index is 451. The monoisotopic (exact) mass is 286 g/mol. The van der Waals surface area contributed by atoms with E-state index >= 15 is 0 Å². The van der Waals surface area contributed by atoms with Crippen LogP contribution in [0.5, 0.6) is 0 Å². The smallest absolute Gasteiger partial charge is 0.420 e. The van der Waals surface area contributed by atoms with Crippen LogP contribution in [0.4, 0.5) is 4.79 Å². The Balaban J connectivity index is 2.65. The van der Waals surface area contributed by atoms with E-state index in [2.05, 4.69) is 17.6 Å². The summed E-state index contributed by atoms with van der Waals surface area (Å²) in [6.45, 7) is 5.25. The van der Waals surface area contributed by atoms with Gasteiger partial charge in [-0.05, 0) is 20.8 Å². The molecule has 0 atom stereocenters. The largest absolute Gasteiger partial charge is 0.457 e. The predicted molar refractivity (Wildman–Crippen MR) is 72.1 cm³/mol. The molecule has 106 valence electrons. The lowest BCUT2D eigenvalue weighted by Crippen LogP contribution is -2.28. The number of ether oxygens (including phenoxy) is 2. The predicted octanol–water partition coefficient (Wildman–Crippen LogP) is 2.03. The zero-order valence-corrected chi connectivity index (χ0v) is 12.1. The molecule has 0 aromatic carbocycles. The van der Waals surface area contributed by atoms with Crippen molar-refractivity contribution in [3.63, 3.8) is 0 Å². The Hall–Kier alpha value is -1.50. The summed E-state index contributed by atoms with van der Waals surface area (Å²) in [7, 11) is 0. The molecule has 0 N–H and O–H groups in total. The maximum atomic E-state index is 11.9. The van der Waals surface area contributed by atoms with Crippen molar-refractivity contribution in [3.8, 4) is 0 Å². The van der Waals surface area contributed by atoms with Gasteiger partial charge in [0.2, 0.25) is 0 Å². The van der Waals surface area contributed by atoms with Crippen molar-refractivity contribution in [2.75, 3.05) is 5.75 Å². The van der Waals surface area contributed by atoms with Crippen LogP contribution in [0, 0.1) is 0 Å². The van der Waals surface area contributed by atoms with Crippen LogP contribution < -0.4 is 0 Å². The summed E-state index contributed by atoms with van der Waals surface area (Å²) in [6.07, 6.45) is 2.59. The first-order valence-electron chi connectivity index (χ1n) is 5.85. The highest BCUT2D eigenvalue weighted by atomic mass is 32.1. The number of esters is 1. The molecule has 0 fully saturated rings. The van der Waals surface area contributed by atoms with E-state index in [9.17, 15) is 9.59 Å². The average Bonchev–Trinajstić information content (AvgIpc) is 2.72. The molecule has 0 saturated heterocycles. The number of hydrogen-bond donors (Lipinski definition) is 1. The van der Waals surface area contributed by atoms with Gasteiger partial charge >= 0.3 is 12.1 Å². The van der Waals surface area contributed by atoms with Crippen LogP contribution in [0.3, 0.4) is 0 Å². The van der Waals surface area contributed by atoms with Crippen LogP contribution in [0.2, 0.25) is 0 Å². The summed E-state index contributed by atoms with van der Waals surface area (Å²) in [5, 5.41) is 0. The Morgan fingerprint density at radius 2 is 2.11 bits per heavy atom. The van der Waals surface area contributed by atoms with Crippen molar-refractivity contribution in [1.82, 2.24) is 9.55 Å². The zero-order chi connectivity index (χ0) is 14.5. The summed E-state index contributed by atoms with van der Waals surface area (Å²) in [5.41, 5.74) is -0.596. The van der Waals surface area contributed by atoms with Gasteiger partial charge in [0.15, 0.2) is 5.82 Å². The molecule has 0 bridgehead atoms. The van der Waals surface area contributed by atoms with E-state index in [-0.39, 0.29) is 19.0 Å². The number of rotatable bonds is 4. The van der Waals surface area contributed by atoms with Crippen molar-refractivity contribution in [2.45, 2.75) is 39.4 Å². The Kier molecular flexibility index (Phi) is 5.41. The second kappa shape index (κ2) is 6.60. The van der Waals surface area contributed by atoms with E-state index in [0.29, 0.717) is 11.6 Å². The van der Waals surface area contributed by atoms with Crippen molar-refractivity contribution in [1.29, 1.82) is 0 Å². The molecule has 1 aromatic rings. The fourth-order valence-corrected chi connectivity index (χ4v) is 1.41. The van der Waals surface area contributed by atoms with Gasteiger partial charge in [0.25, 0.3) is 0 Å². The summed E-state index contributed by atoms with van der Waals surface area (Å²) in [5.74, 6) is 0.356. The van der Waals surface area contributed by atoms with Crippen LogP contribution >= 0.6 is 12.6 Å². The second-order valence-corrected chi connectivity index (χ2v) is 5.28. The fraction of sp³-hybridized carbons (Fsp3) is 0.583. The fourth-order valence-electron chi connectivity index (χ4n) is 1.23. The molecule has 1 heterocycles. The topological polar surface area (TPSA) is 70.4 Å². The van der Waals surface area contributed by atoms with Gasteiger partial charge in [-0.25, -0.2) is 14.3 Å². The number of nitrogens with zero attached hydrogens (tertiary/aromatic N) is 2. The van der Waals surface area contributed by atoms with Crippen LogP contribution in [0.1, 0.15) is 33.0 Å². The summed E-state index contributed by atoms with van der Waals surface area (Å²) in [6, 6.07) is 0. The molecule has 0 amide bonds. The van der Waals surface area contributed by atoms with Gasteiger partial charge in [-0.2, -0.15) is 12.6 Å². The average molecular weight is 286 g/mol. The van der Waals surface area contributed by atoms with E-state index in [0.717, 1.165) is 0 Å². The summed E-state index contributed by atoms with van der Waals surface area (Å²) < 4.78 is 11.4. The van der Waals surface area contributed by atoms with Crippen LogP contribution in [-0.2, 0) is 20.9 Å². The number of carbonyl (C=O) groups excluding carboxylic acids is 2. The zero-order valence-electron chi connectivity index (χ0n) is 11.3. The minimum Gasteiger partial charge on any atom is -0.457 e. The lowest BCUT2D eigenvalue weighted by Gasteiger charge is -2.20. The molecule has 7 heteroatoms. The molecule has 0 radical (unpaired) electrons. The van der Waals surface area contributed by atoms with Crippen molar-refractivity contribution in [2.24, 2.45) is 0 Å². The Labute approximate surface area is 117 Å². The first-order valence-corrected chi connectivity index (χ1v) is 6.49. The van der Waals surface area contributed by atoms with E-state index in [1.807, 2.05) is 0 Å². The highest BCUT2D eigenvalue weighted by Crippen LogP contribution is 2.10. The highest BCUT2D eigenvalue weighted by molar-refractivity contribution is 7.80. The normalized spacial score (nSPS) is 11.2. The van der Waals surface area contributed by atoms with E-state index < -0.39 is 11.7 Å². The first kappa shape index (κ1) is 15.6. The molecule has 0 spiro atoms. The Morgan fingerprint density at radius 3 is 2.68 bits per heavy atom. The first-order chi connectivity index (χ1) is 8.83. The molecule has 6 nitrogen and oxygen atoms in total. The molecule has 1 rings (SSSR count). The minimum atomic E-state index is -0.596. The second-order valence-electron chi connectivity index (χ2n) is 4.83. The van der Waals surface area contributed by atoms with Gasteiger partial charge in [-0.15, -0.1) is 0 Å². The van der Waals surface area contributed by atoms with Gasteiger partial charge in [0.05, 0.1) is 6.42 Å². The maximum Gasteiger partial charge on any atom is 0.420 e. The molecular weight excluding hydrogens is 268 g/mol. The lowest BCUT2D eigenvalue weighted by molar-refractivity contribution is -0.144. The number of thiol groups is 1. The van der Waals surface area contributed by atoms with Crippen LogP contribution in [0.25, 0.3) is 0 Å². The molecular formula is C12H18N2O4S. The minimum absolute atomic E-state index is 0.0706. The number of hydrogen-bond acceptors (Lipinski definition) is 6. The summed E-state index contributed by atoms with van der Waals surface area (Å²) in [4.78, 5) is 27.0. The molecule has 0 aliphatic carbocycles. The van der Waals surface area contributed by atoms with Crippen LogP contribution in [-0.4, -0.2) is 33.0 Å². The lowest BCUT2D eigenvalue weighted by atomic mass is 10.2. The van der Waals surface area contributed by atoms with E-state index in [1.165, 1.54) is 17.0 Å². The van der Waals surface area contributed by atoms with Gasteiger partial charge in [0.1, 0.15) is 12.2 Å². The molecule has 1 aromatic heterocycles. The molecule has 19 heavy (non-hydrogen) atoms. The van der Waals surface area contributed by atoms with Crippen molar-refractivity contribution < 1.29 is 19.1 Å². The Morgan fingerprint density at radius 1 is 1.42 bits per heavy atom. The number of imidazole rings is 1. The SMILES string of the molecule is CC(C)(C)OC(=O)n1ccnc1COC(=O)CCS.